The largest absolute Gasteiger partial charge is 0.497 e. The molecule has 3 aromatic rings. The van der Waals surface area contributed by atoms with Crippen molar-refractivity contribution >= 4 is 47.5 Å². The first-order chi connectivity index (χ1) is 16.5. The van der Waals surface area contributed by atoms with Crippen LogP contribution < -0.4 is 20.3 Å². The predicted octanol–water partition coefficient (Wildman–Crippen LogP) is 4.75. The lowest BCUT2D eigenvalue weighted by Crippen LogP contribution is -2.32. The summed E-state index contributed by atoms with van der Waals surface area (Å²) in [4.78, 5) is 16.9. The molecule has 0 aliphatic rings. The van der Waals surface area contributed by atoms with E-state index in [1.165, 1.54) is 14.2 Å². The lowest BCUT2D eigenvalue weighted by atomic mass is 10.2. The summed E-state index contributed by atoms with van der Waals surface area (Å²) in [6.07, 6.45) is 3.10. The second-order valence-electron chi connectivity index (χ2n) is 6.67. The quantitative estimate of drug-likeness (QED) is 0.278. The van der Waals surface area contributed by atoms with E-state index in [1.54, 1.807) is 79.2 Å². The lowest BCUT2D eigenvalue weighted by Gasteiger charge is -2.09. The third-order valence-electron chi connectivity index (χ3n) is 4.36. The van der Waals surface area contributed by atoms with Crippen molar-refractivity contribution in [1.29, 1.82) is 0 Å². The standard InChI is InChI=1S/C24H21Cl2N5O3/c1-33-20-11-12-21(22(13-20)34-2)23(32)29-24(30-27-14-16-3-7-18(25)8-4-16)31-28-15-17-5-9-19(26)10-6-17/h3-15H,1-2H3,(H2,29,30,31,32)/b27-14+,28-15+. The number of hydrazone groups is 2. The molecule has 0 bridgehead atoms. The highest BCUT2D eigenvalue weighted by Gasteiger charge is 2.14. The fourth-order valence-corrected chi connectivity index (χ4v) is 2.90. The molecular formula is C24H21Cl2N5O3. The van der Waals surface area contributed by atoms with Crippen molar-refractivity contribution in [2.75, 3.05) is 14.2 Å². The van der Waals surface area contributed by atoms with Crippen molar-refractivity contribution in [3.8, 4) is 11.5 Å². The molecule has 0 aromatic heterocycles. The fourth-order valence-electron chi connectivity index (χ4n) is 2.65. The Bertz CT molecular complexity index is 1150. The van der Waals surface area contributed by atoms with Crippen molar-refractivity contribution in [2.45, 2.75) is 0 Å². The Morgan fingerprint density at radius 3 is 1.79 bits per heavy atom. The zero-order valence-corrected chi connectivity index (χ0v) is 19.8. The number of rotatable bonds is 7. The maximum Gasteiger partial charge on any atom is 0.284 e. The van der Waals surface area contributed by atoms with E-state index in [2.05, 4.69) is 26.0 Å². The number of halogens is 2. The van der Waals surface area contributed by atoms with Crippen molar-refractivity contribution in [3.05, 3.63) is 93.5 Å². The van der Waals surface area contributed by atoms with Gasteiger partial charge in [0.2, 0.25) is 5.96 Å². The Balaban J connectivity index is 1.81. The van der Waals surface area contributed by atoms with E-state index < -0.39 is 5.91 Å². The molecule has 0 heterocycles. The first-order valence-electron chi connectivity index (χ1n) is 9.93. The van der Waals surface area contributed by atoms with Gasteiger partial charge in [0, 0.05) is 16.1 Å². The number of ether oxygens (including phenoxy) is 2. The maximum absolute atomic E-state index is 12.9. The van der Waals surface area contributed by atoms with Gasteiger partial charge < -0.3 is 9.47 Å². The first-order valence-corrected chi connectivity index (χ1v) is 10.7. The molecule has 0 aliphatic carbocycles. The highest BCUT2D eigenvalue weighted by molar-refractivity contribution is 6.30. The maximum atomic E-state index is 12.9. The van der Waals surface area contributed by atoms with Crippen molar-refractivity contribution in [2.24, 2.45) is 15.2 Å². The topological polar surface area (TPSA) is 96.7 Å². The first kappa shape index (κ1) is 24.8. The van der Waals surface area contributed by atoms with Crippen LogP contribution in [0.3, 0.4) is 0 Å². The minimum atomic E-state index is -0.571. The van der Waals surface area contributed by atoms with Gasteiger partial charge in [0.15, 0.2) is 0 Å². The SMILES string of the molecule is COc1ccc(C(=O)N=C(N/N=C/c2ccc(Cl)cc2)N/N=C/c2ccc(Cl)cc2)c(OC)c1. The Hall–Kier alpha value is -3.88. The minimum Gasteiger partial charge on any atom is -0.497 e. The highest BCUT2D eigenvalue weighted by atomic mass is 35.5. The van der Waals surface area contributed by atoms with Gasteiger partial charge in [0.05, 0.1) is 32.2 Å². The van der Waals surface area contributed by atoms with Gasteiger partial charge in [-0.15, -0.1) is 0 Å². The molecule has 3 aromatic carbocycles. The molecule has 0 unspecified atom stereocenters. The summed E-state index contributed by atoms with van der Waals surface area (Å²) in [6.45, 7) is 0. The molecule has 174 valence electrons. The van der Waals surface area contributed by atoms with Crippen LogP contribution >= 0.6 is 23.2 Å². The normalized spacial score (nSPS) is 10.8. The molecule has 0 atom stereocenters. The Kier molecular flexibility index (Phi) is 9.02. The molecule has 0 aliphatic heterocycles. The number of hydrogen-bond acceptors (Lipinski definition) is 5. The monoisotopic (exact) mass is 497 g/mol. The molecule has 8 nitrogen and oxygen atoms in total. The third kappa shape index (κ3) is 7.33. The van der Waals surface area contributed by atoms with Gasteiger partial charge in [-0.1, -0.05) is 47.5 Å². The second kappa shape index (κ2) is 12.4. The molecule has 0 saturated heterocycles. The number of carbonyl (C=O) groups excluding carboxylic acids is 1. The number of aliphatic imine (C=N–C) groups is 1. The number of hydrogen-bond donors (Lipinski definition) is 2. The number of methoxy groups -OCH3 is 2. The average Bonchev–Trinajstić information content (AvgIpc) is 2.85. The average molecular weight is 498 g/mol. The van der Waals surface area contributed by atoms with Crippen LogP contribution in [0.5, 0.6) is 11.5 Å². The summed E-state index contributed by atoms with van der Waals surface area (Å²) in [7, 11) is 2.98. The van der Waals surface area contributed by atoms with E-state index in [1.807, 2.05) is 0 Å². The van der Waals surface area contributed by atoms with Crippen LogP contribution in [0.2, 0.25) is 10.0 Å². The molecule has 0 spiro atoms. The van der Waals surface area contributed by atoms with Crippen molar-refractivity contribution in [1.82, 2.24) is 10.9 Å². The molecule has 34 heavy (non-hydrogen) atoms. The van der Waals surface area contributed by atoms with Crippen molar-refractivity contribution in [3.63, 3.8) is 0 Å². The number of guanidine groups is 1. The zero-order chi connectivity index (χ0) is 24.3. The van der Waals surface area contributed by atoms with E-state index in [-0.39, 0.29) is 11.5 Å². The van der Waals surface area contributed by atoms with E-state index >= 15 is 0 Å². The van der Waals surface area contributed by atoms with Gasteiger partial charge in [-0.3, -0.25) is 4.79 Å². The summed E-state index contributed by atoms with van der Waals surface area (Å²) < 4.78 is 10.5. The van der Waals surface area contributed by atoms with Crippen LogP contribution in [0.4, 0.5) is 0 Å². The molecular weight excluding hydrogens is 477 g/mol. The Morgan fingerprint density at radius 1 is 0.794 bits per heavy atom. The molecule has 0 fully saturated rings. The van der Waals surface area contributed by atoms with Crippen LogP contribution in [-0.2, 0) is 0 Å². The van der Waals surface area contributed by atoms with E-state index in [9.17, 15) is 4.79 Å². The Morgan fingerprint density at radius 2 is 1.32 bits per heavy atom. The number of amides is 1. The van der Waals surface area contributed by atoms with Crippen LogP contribution in [0.1, 0.15) is 21.5 Å². The highest BCUT2D eigenvalue weighted by Crippen LogP contribution is 2.25. The van der Waals surface area contributed by atoms with E-state index in [0.717, 1.165) is 11.1 Å². The van der Waals surface area contributed by atoms with Gasteiger partial charge in [-0.25, -0.2) is 10.9 Å². The Labute approximate surface area is 206 Å². The predicted molar refractivity (Wildman–Crippen MR) is 136 cm³/mol. The van der Waals surface area contributed by atoms with Gasteiger partial charge >= 0.3 is 0 Å². The van der Waals surface area contributed by atoms with Crippen LogP contribution in [0.25, 0.3) is 0 Å². The number of carbonyl (C=O) groups is 1. The van der Waals surface area contributed by atoms with Gasteiger partial charge in [0.25, 0.3) is 5.91 Å². The van der Waals surface area contributed by atoms with Crippen LogP contribution in [0.15, 0.2) is 81.9 Å². The minimum absolute atomic E-state index is 0.00158. The van der Waals surface area contributed by atoms with Crippen molar-refractivity contribution < 1.29 is 14.3 Å². The zero-order valence-electron chi connectivity index (χ0n) is 18.3. The number of nitrogens with zero attached hydrogens (tertiary/aromatic N) is 3. The summed E-state index contributed by atoms with van der Waals surface area (Å²) in [5.74, 6) is 0.298. The van der Waals surface area contributed by atoms with Gasteiger partial charge in [-0.05, 0) is 47.5 Å². The molecule has 0 saturated carbocycles. The number of nitrogens with one attached hydrogen (secondary N) is 2. The molecule has 1 amide bonds. The van der Waals surface area contributed by atoms with Gasteiger partial charge in [0.1, 0.15) is 11.5 Å². The smallest absolute Gasteiger partial charge is 0.284 e. The molecule has 10 heteroatoms. The summed E-state index contributed by atoms with van der Waals surface area (Å²) >= 11 is 11.8. The second-order valence-corrected chi connectivity index (χ2v) is 7.55. The van der Waals surface area contributed by atoms with E-state index in [4.69, 9.17) is 32.7 Å². The number of benzene rings is 3. The molecule has 0 radical (unpaired) electrons. The summed E-state index contributed by atoms with van der Waals surface area (Å²) in [5.41, 5.74) is 7.22. The molecule has 3 rings (SSSR count). The summed E-state index contributed by atoms with van der Waals surface area (Å²) in [5, 5.41) is 9.47. The van der Waals surface area contributed by atoms with Crippen LogP contribution in [-0.4, -0.2) is 38.5 Å². The third-order valence-corrected chi connectivity index (χ3v) is 4.86. The molecule has 2 N–H and O–H groups in total. The lowest BCUT2D eigenvalue weighted by molar-refractivity contribution is 0.0999. The van der Waals surface area contributed by atoms with Crippen LogP contribution in [0, 0.1) is 0 Å². The summed E-state index contributed by atoms with van der Waals surface area (Å²) in [6, 6.07) is 19.0. The van der Waals surface area contributed by atoms with E-state index in [0.29, 0.717) is 21.5 Å². The fraction of sp³-hybridized carbons (Fsp3) is 0.0833. The van der Waals surface area contributed by atoms with Gasteiger partial charge in [-0.2, -0.15) is 15.2 Å².